The highest BCUT2D eigenvalue weighted by Gasteiger charge is 2.12. The van der Waals surface area contributed by atoms with Crippen LogP contribution in [0.5, 0.6) is 5.75 Å². The third kappa shape index (κ3) is 2.67. The van der Waals surface area contributed by atoms with Crippen molar-refractivity contribution in [3.05, 3.63) is 23.5 Å². The quantitative estimate of drug-likeness (QED) is 0.696. The van der Waals surface area contributed by atoms with E-state index in [9.17, 15) is 0 Å². The predicted octanol–water partition coefficient (Wildman–Crippen LogP) is 1.46. The normalized spacial score (nSPS) is 13.4. The summed E-state index contributed by atoms with van der Waals surface area (Å²) in [5, 5.41) is 12.0. The molecule has 0 aliphatic carbocycles. The fourth-order valence-electron chi connectivity index (χ4n) is 1.32. The van der Waals surface area contributed by atoms with Crippen molar-refractivity contribution in [3.8, 4) is 11.8 Å². The summed E-state index contributed by atoms with van der Waals surface area (Å²) in [7, 11) is 0. The Hall–Kier alpha value is -1.60. The summed E-state index contributed by atoms with van der Waals surface area (Å²) >= 11 is 0. The third-order valence-electron chi connectivity index (χ3n) is 1.93. The lowest BCUT2D eigenvalue weighted by molar-refractivity contribution is 0.324. The molecule has 80 valence electrons. The zero-order valence-corrected chi connectivity index (χ0v) is 9.08. The fourth-order valence-corrected chi connectivity index (χ4v) is 1.32. The zero-order chi connectivity index (χ0) is 11.1. The number of aromatic nitrogens is 1. The molecule has 0 saturated carbocycles. The molecule has 1 aliphatic heterocycles. The maximum atomic E-state index is 8.80. The molecule has 4 heteroatoms. The molecule has 0 amide bonds. The molecule has 0 radical (unpaired) electrons. The Morgan fingerprint density at radius 2 is 2.27 bits per heavy atom. The minimum atomic E-state index is 0.515. The molecular weight excluding hydrogens is 190 g/mol. The maximum Gasteiger partial charge on any atom is 0.144 e. The predicted molar refractivity (Wildman–Crippen MR) is 57.5 cm³/mol. The van der Waals surface area contributed by atoms with Crippen LogP contribution in [0.25, 0.3) is 0 Å². The lowest BCUT2D eigenvalue weighted by atomic mass is 10.2. The summed E-state index contributed by atoms with van der Waals surface area (Å²) in [5.41, 5.74) is 1.47. The maximum absolute atomic E-state index is 8.80. The number of ether oxygens (including phenoxy) is 1. The van der Waals surface area contributed by atoms with Crippen LogP contribution in [0.3, 0.4) is 0 Å². The molecule has 4 nitrogen and oxygen atoms in total. The molecule has 0 unspecified atom stereocenters. The Bertz CT molecular complexity index is 357. The number of pyridine rings is 1. The van der Waals surface area contributed by atoms with Crippen molar-refractivity contribution >= 4 is 0 Å². The topological polar surface area (TPSA) is 57.9 Å². The van der Waals surface area contributed by atoms with Gasteiger partial charge in [0.05, 0.1) is 0 Å². The molecule has 15 heavy (non-hydrogen) atoms. The van der Waals surface area contributed by atoms with Gasteiger partial charge in [0.1, 0.15) is 24.0 Å². The van der Waals surface area contributed by atoms with E-state index in [0.717, 1.165) is 18.7 Å². The molecule has 0 aromatic carbocycles. The first-order valence-corrected chi connectivity index (χ1v) is 5.12. The average molecular weight is 205 g/mol. The number of hydrogen-bond acceptors (Lipinski definition) is 4. The Morgan fingerprint density at radius 3 is 3.00 bits per heavy atom. The Morgan fingerprint density at radius 1 is 1.47 bits per heavy atom. The number of fused-ring (bicyclic) bond motifs is 1. The molecule has 1 aromatic heterocycles. The van der Waals surface area contributed by atoms with Crippen LogP contribution in [-0.4, -0.2) is 18.1 Å². The van der Waals surface area contributed by atoms with Crippen LogP contribution in [0.15, 0.2) is 12.4 Å². The van der Waals surface area contributed by atoms with Crippen LogP contribution in [0, 0.1) is 11.3 Å². The summed E-state index contributed by atoms with van der Waals surface area (Å²) in [5.74, 6) is 0.683. The molecular formula is C11H15N3O. The van der Waals surface area contributed by atoms with Crippen molar-refractivity contribution in [2.24, 2.45) is 0 Å². The van der Waals surface area contributed by atoms with Crippen LogP contribution in [0.4, 0.5) is 0 Å². The van der Waals surface area contributed by atoms with Crippen molar-refractivity contribution in [1.82, 2.24) is 10.3 Å². The molecule has 1 N–H and O–H groups in total. The lowest BCUT2D eigenvalue weighted by Crippen LogP contribution is -2.16. The standard InChI is InChI=1S/C9H9N3O.C2H6/c10-3-7-4-12-6-8-5-11-1-2-13-9(7)8;1-2/h4,6,11H,1-2,5H2;1-2H3. The van der Waals surface area contributed by atoms with Gasteiger partial charge >= 0.3 is 0 Å². The van der Waals surface area contributed by atoms with E-state index in [1.807, 2.05) is 13.8 Å². The van der Waals surface area contributed by atoms with Gasteiger partial charge < -0.3 is 10.1 Å². The summed E-state index contributed by atoms with van der Waals surface area (Å²) in [6.07, 6.45) is 3.26. The second-order valence-corrected chi connectivity index (χ2v) is 2.81. The molecule has 0 bridgehead atoms. The Balaban J connectivity index is 0.000000531. The summed E-state index contributed by atoms with van der Waals surface area (Å²) in [6, 6.07) is 2.07. The van der Waals surface area contributed by atoms with E-state index < -0.39 is 0 Å². The van der Waals surface area contributed by atoms with E-state index in [2.05, 4.69) is 16.4 Å². The van der Waals surface area contributed by atoms with Gasteiger partial charge in [-0.2, -0.15) is 5.26 Å². The van der Waals surface area contributed by atoms with Gasteiger partial charge in [-0.1, -0.05) is 13.8 Å². The van der Waals surface area contributed by atoms with Crippen LogP contribution in [0.1, 0.15) is 25.0 Å². The van der Waals surface area contributed by atoms with Crippen molar-refractivity contribution in [2.45, 2.75) is 20.4 Å². The van der Waals surface area contributed by atoms with Crippen LogP contribution in [0.2, 0.25) is 0 Å². The van der Waals surface area contributed by atoms with Gasteiger partial charge in [-0.15, -0.1) is 0 Å². The number of hydrogen-bond donors (Lipinski definition) is 1. The highest BCUT2D eigenvalue weighted by atomic mass is 16.5. The number of nitrogens with zero attached hydrogens (tertiary/aromatic N) is 2. The van der Waals surface area contributed by atoms with Gasteiger partial charge in [0.2, 0.25) is 0 Å². The van der Waals surface area contributed by atoms with Gasteiger partial charge in [-0.3, -0.25) is 4.98 Å². The first kappa shape index (κ1) is 11.5. The molecule has 0 atom stereocenters. The minimum absolute atomic E-state index is 0.515. The van der Waals surface area contributed by atoms with Crippen LogP contribution in [-0.2, 0) is 6.54 Å². The van der Waals surface area contributed by atoms with E-state index in [4.69, 9.17) is 10.00 Å². The molecule has 2 heterocycles. The monoisotopic (exact) mass is 205 g/mol. The first-order valence-electron chi connectivity index (χ1n) is 5.12. The molecule has 0 spiro atoms. The number of nitriles is 1. The van der Waals surface area contributed by atoms with Gasteiger partial charge in [0, 0.05) is 31.0 Å². The smallest absolute Gasteiger partial charge is 0.144 e. The molecule has 1 aromatic rings. The van der Waals surface area contributed by atoms with E-state index >= 15 is 0 Å². The first-order chi connectivity index (χ1) is 7.42. The van der Waals surface area contributed by atoms with Crippen molar-refractivity contribution < 1.29 is 4.74 Å². The highest BCUT2D eigenvalue weighted by molar-refractivity contribution is 5.46. The minimum Gasteiger partial charge on any atom is -0.490 e. The summed E-state index contributed by atoms with van der Waals surface area (Å²) < 4.78 is 5.45. The zero-order valence-electron chi connectivity index (χ0n) is 9.08. The largest absolute Gasteiger partial charge is 0.490 e. The van der Waals surface area contributed by atoms with Crippen molar-refractivity contribution in [2.75, 3.05) is 13.2 Å². The second kappa shape index (κ2) is 5.99. The number of nitrogens with one attached hydrogen (secondary N) is 1. The molecule has 2 rings (SSSR count). The van der Waals surface area contributed by atoms with Crippen molar-refractivity contribution in [3.63, 3.8) is 0 Å². The fraction of sp³-hybridized carbons (Fsp3) is 0.455. The lowest BCUT2D eigenvalue weighted by Gasteiger charge is -2.06. The van der Waals surface area contributed by atoms with Gasteiger partial charge in [-0.25, -0.2) is 0 Å². The van der Waals surface area contributed by atoms with E-state index in [0.29, 0.717) is 17.9 Å². The second-order valence-electron chi connectivity index (χ2n) is 2.81. The summed E-state index contributed by atoms with van der Waals surface area (Å²) in [6.45, 7) is 6.13. The third-order valence-corrected chi connectivity index (χ3v) is 1.93. The average Bonchev–Trinajstić information content (AvgIpc) is 2.56. The Labute approximate surface area is 89.9 Å². The number of rotatable bonds is 0. The highest BCUT2D eigenvalue weighted by Crippen LogP contribution is 2.23. The van der Waals surface area contributed by atoms with Crippen molar-refractivity contribution in [1.29, 1.82) is 5.26 Å². The molecule has 1 aliphatic rings. The summed E-state index contributed by atoms with van der Waals surface area (Å²) in [4.78, 5) is 3.97. The van der Waals surface area contributed by atoms with E-state index in [1.165, 1.54) is 6.20 Å². The Kier molecular flexibility index (Phi) is 4.58. The van der Waals surface area contributed by atoms with Gasteiger partial charge in [0.25, 0.3) is 0 Å². The SMILES string of the molecule is CC.N#Cc1cncc2c1OCCNC2. The van der Waals surface area contributed by atoms with Crippen LogP contribution < -0.4 is 10.1 Å². The van der Waals surface area contributed by atoms with E-state index in [1.54, 1.807) is 6.20 Å². The van der Waals surface area contributed by atoms with Gasteiger partial charge in [-0.05, 0) is 0 Å². The van der Waals surface area contributed by atoms with Gasteiger partial charge in [0.15, 0.2) is 0 Å². The molecule has 0 fully saturated rings. The van der Waals surface area contributed by atoms with Crippen LogP contribution >= 0.6 is 0 Å². The molecule has 0 saturated heterocycles. The van der Waals surface area contributed by atoms with E-state index in [-0.39, 0.29) is 0 Å².